The monoisotopic (exact) mass is 330 g/mol. The highest BCUT2D eigenvalue weighted by Gasteiger charge is 2.26. The highest BCUT2D eigenvalue weighted by Crippen LogP contribution is 2.18. The van der Waals surface area contributed by atoms with Gasteiger partial charge in [-0.2, -0.15) is 13.2 Å². The third-order valence-corrected chi connectivity index (χ3v) is 3.31. The Morgan fingerprint density at radius 3 is 2.22 bits per heavy atom. The standard InChI is InChI=1S/C16H25F3N4/c1-20-15(22-12-10-16(17,18)19)21-11-4-5-13-6-8-14(9-7-13)23(2)3/h6-9H,4-5,10-12H2,1-3H3,(H2,20,21,22). The average molecular weight is 330 g/mol. The summed E-state index contributed by atoms with van der Waals surface area (Å²) in [4.78, 5) is 5.95. The average Bonchev–Trinajstić information content (AvgIpc) is 2.49. The van der Waals surface area contributed by atoms with E-state index in [4.69, 9.17) is 0 Å². The van der Waals surface area contributed by atoms with E-state index < -0.39 is 12.6 Å². The molecule has 0 heterocycles. The van der Waals surface area contributed by atoms with Crippen LogP contribution >= 0.6 is 0 Å². The quantitative estimate of drug-likeness (QED) is 0.459. The van der Waals surface area contributed by atoms with Crippen molar-refractivity contribution in [1.82, 2.24) is 10.6 Å². The van der Waals surface area contributed by atoms with Gasteiger partial charge in [-0.15, -0.1) is 0 Å². The Labute approximate surface area is 135 Å². The van der Waals surface area contributed by atoms with Gasteiger partial charge in [0.15, 0.2) is 5.96 Å². The predicted molar refractivity (Wildman–Crippen MR) is 89.1 cm³/mol. The van der Waals surface area contributed by atoms with Crippen molar-refractivity contribution in [1.29, 1.82) is 0 Å². The van der Waals surface area contributed by atoms with Crippen LogP contribution in [0, 0.1) is 0 Å². The van der Waals surface area contributed by atoms with Gasteiger partial charge in [-0.25, -0.2) is 0 Å². The van der Waals surface area contributed by atoms with Crippen molar-refractivity contribution in [3.63, 3.8) is 0 Å². The van der Waals surface area contributed by atoms with Crippen molar-refractivity contribution in [3.05, 3.63) is 29.8 Å². The summed E-state index contributed by atoms with van der Waals surface area (Å²) in [6.07, 6.45) is -3.24. The first-order valence-electron chi connectivity index (χ1n) is 7.59. The van der Waals surface area contributed by atoms with E-state index in [1.54, 1.807) is 7.05 Å². The molecule has 130 valence electrons. The lowest BCUT2D eigenvalue weighted by molar-refractivity contribution is -0.132. The molecule has 4 nitrogen and oxygen atoms in total. The number of alkyl halides is 3. The van der Waals surface area contributed by atoms with Crippen LogP contribution in [-0.2, 0) is 6.42 Å². The Balaban J connectivity index is 2.24. The molecule has 23 heavy (non-hydrogen) atoms. The van der Waals surface area contributed by atoms with Gasteiger partial charge in [0.1, 0.15) is 0 Å². The number of anilines is 1. The lowest BCUT2D eigenvalue weighted by atomic mass is 10.1. The molecule has 2 N–H and O–H groups in total. The van der Waals surface area contributed by atoms with Gasteiger partial charge in [0.25, 0.3) is 0 Å². The fraction of sp³-hybridized carbons (Fsp3) is 0.562. The zero-order valence-electron chi connectivity index (χ0n) is 13.9. The smallest absolute Gasteiger partial charge is 0.378 e. The van der Waals surface area contributed by atoms with Gasteiger partial charge in [-0.1, -0.05) is 12.1 Å². The van der Waals surface area contributed by atoms with Crippen LogP contribution in [0.3, 0.4) is 0 Å². The number of nitrogens with one attached hydrogen (secondary N) is 2. The summed E-state index contributed by atoms with van der Waals surface area (Å²) in [7, 11) is 5.54. The van der Waals surface area contributed by atoms with Gasteiger partial charge in [-0.05, 0) is 30.5 Å². The Morgan fingerprint density at radius 1 is 1.09 bits per heavy atom. The van der Waals surface area contributed by atoms with E-state index in [2.05, 4.69) is 39.9 Å². The summed E-state index contributed by atoms with van der Waals surface area (Å²) in [5.74, 6) is 0.400. The van der Waals surface area contributed by atoms with Crippen LogP contribution in [0.2, 0.25) is 0 Å². The van der Waals surface area contributed by atoms with E-state index in [1.807, 2.05) is 19.0 Å². The van der Waals surface area contributed by atoms with Crippen LogP contribution in [0.4, 0.5) is 18.9 Å². The summed E-state index contributed by atoms with van der Waals surface area (Å²) in [5.41, 5.74) is 2.39. The van der Waals surface area contributed by atoms with E-state index in [-0.39, 0.29) is 6.54 Å². The number of hydrogen-bond donors (Lipinski definition) is 2. The zero-order valence-corrected chi connectivity index (χ0v) is 13.9. The second-order valence-electron chi connectivity index (χ2n) is 5.46. The summed E-state index contributed by atoms with van der Waals surface area (Å²) in [6.45, 7) is 0.482. The molecule has 0 aliphatic heterocycles. The number of benzene rings is 1. The van der Waals surface area contributed by atoms with Crippen LogP contribution in [-0.4, -0.2) is 46.4 Å². The largest absolute Gasteiger partial charge is 0.390 e. The SMILES string of the molecule is CN=C(NCCCc1ccc(N(C)C)cc1)NCCC(F)(F)F. The van der Waals surface area contributed by atoms with Crippen LogP contribution < -0.4 is 15.5 Å². The van der Waals surface area contributed by atoms with Crippen LogP contribution in [0.1, 0.15) is 18.4 Å². The van der Waals surface area contributed by atoms with Gasteiger partial charge >= 0.3 is 6.18 Å². The molecule has 1 aromatic rings. The number of hydrogen-bond acceptors (Lipinski definition) is 2. The van der Waals surface area contributed by atoms with E-state index in [1.165, 1.54) is 5.56 Å². The Kier molecular flexibility index (Phi) is 7.71. The highest BCUT2D eigenvalue weighted by atomic mass is 19.4. The van der Waals surface area contributed by atoms with Gasteiger partial charge in [0, 0.05) is 39.9 Å². The summed E-state index contributed by atoms with van der Waals surface area (Å²) >= 11 is 0. The van der Waals surface area contributed by atoms with Crippen LogP contribution in [0.5, 0.6) is 0 Å². The first kappa shape index (κ1) is 19.1. The molecule has 0 aliphatic carbocycles. The van der Waals surface area contributed by atoms with Gasteiger partial charge < -0.3 is 15.5 Å². The number of nitrogens with zero attached hydrogens (tertiary/aromatic N) is 2. The number of aliphatic imine (C=N–C) groups is 1. The molecule has 0 aliphatic rings. The summed E-state index contributed by atoms with van der Waals surface area (Å²) in [5, 5.41) is 5.68. The minimum absolute atomic E-state index is 0.171. The maximum absolute atomic E-state index is 12.1. The fourth-order valence-corrected chi connectivity index (χ4v) is 2.00. The number of guanidine groups is 1. The minimum Gasteiger partial charge on any atom is -0.378 e. The van der Waals surface area contributed by atoms with Crippen molar-refractivity contribution >= 4 is 11.6 Å². The fourth-order valence-electron chi connectivity index (χ4n) is 2.00. The molecule has 0 fully saturated rings. The molecule has 0 atom stereocenters. The van der Waals surface area contributed by atoms with E-state index in [0.29, 0.717) is 12.5 Å². The maximum Gasteiger partial charge on any atom is 0.390 e. The molecular weight excluding hydrogens is 305 g/mol. The van der Waals surface area contributed by atoms with E-state index in [0.717, 1.165) is 18.5 Å². The third kappa shape index (κ3) is 8.32. The van der Waals surface area contributed by atoms with Crippen molar-refractivity contribution < 1.29 is 13.2 Å². The number of rotatable bonds is 7. The van der Waals surface area contributed by atoms with Gasteiger partial charge in [0.05, 0.1) is 6.42 Å². The van der Waals surface area contributed by atoms with Crippen molar-refractivity contribution in [3.8, 4) is 0 Å². The van der Waals surface area contributed by atoms with Crippen molar-refractivity contribution in [2.24, 2.45) is 4.99 Å². The van der Waals surface area contributed by atoms with Crippen LogP contribution in [0.25, 0.3) is 0 Å². The van der Waals surface area contributed by atoms with Gasteiger partial charge in [0.2, 0.25) is 0 Å². The first-order chi connectivity index (χ1) is 10.8. The molecule has 0 amide bonds. The van der Waals surface area contributed by atoms with E-state index >= 15 is 0 Å². The van der Waals surface area contributed by atoms with Crippen LogP contribution in [0.15, 0.2) is 29.3 Å². The number of halogens is 3. The van der Waals surface area contributed by atoms with E-state index in [9.17, 15) is 13.2 Å². The topological polar surface area (TPSA) is 39.7 Å². The molecule has 0 saturated heterocycles. The second kappa shape index (κ2) is 9.27. The molecule has 0 saturated carbocycles. The minimum atomic E-state index is -4.15. The summed E-state index contributed by atoms with van der Waals surface area (Å²) in [6, 6.07) is 8.32. The van der Waals surface area contributed by atoms with Gasteiger partial charge in [-0.3, -0.25) is 4.99 Å². The third-order valence-electron chi connectivity index (χ3n) is 3.31. The molecule has 0 bridgehead atoms. The van der Waals surface area contributed by atoms with Crippen molar-refractivity contribution in [2.75, 3.05) is 39.1 Å². The first-order valence-corrected chi connectivity index (χ1v) is 7.59. The molecule has 0 spiro atoms. The Bertz CT molecular complexity index is 481. The Hall–Kier alpha value is -1.92. The molecule has 0 unspecified atom stereocenters. The molecule has 7 heteroatoms. The second-order valence-corrected chi connectivity index (χ2v) is 5.46. The molecule has 1 rings (SSSR count). The normalized spacial score (nSPS) is 12.2. The molecule has 0 aromatic heterocycles. The lowest BCUT2D eigenvalue weighted by Crippen LogP contribution is -2.39. The number of aryl methyl sites for hydroxylation is 1. The zero-order chi connectivity index (χ0) is 17.3. The molecule has 1 aromatic carbocycles. The highest BCUT2D eigenvalue weighted by molar-refractivity contribution is 5.79. The van der Waals surface area contributed by atoms with Crippen molar-refractivity contribution in [2.45, 2.75) is 25.4 Å². The molecular formula is C16H25F3N4. The summed E-state index contributed by atoms with van der Waals surface area (Å²) < 4.78 is 36.2. The lowest BCUT2D eigenvalue weighted by Gasteiger charge is -2.14. The predicted octanol–water partition coefficient (Wildman–Crippen LogP) is 2.80. The Morgan fingerprint density at radius 2 is 1.70 bits per heavy atom. The molecule has 0 radical (unpaired) electrons. The maximum atomic E-state index is 12.1.